The molecular formula is C13H23NO. The lowest BCUT2D eigenvalue weighted by Gasteiger charge is -2.22. The highest BCUT2D eigenvalue weighted by molar-refractivity contribution is 4.91. The van der Waals surface area contributed by atoms with Crippen molar-refractivity contribution in [3.63, 3.8) is 0 Å². The van der Waals surface area contributed by atoms with Crippen molar-refractivity contribution in [3.8, 4) is 6.07 Å². The fourth-order valence-electron chi connectivity index (χ4n) is 2.05. The molecule has 1 aliphatic carbocycles. The van der Waals surface area contributed by atoms with Crippen LogP contribution < -0.4 is 0 Å². The Kier molecular flexibility index (Phi) is 5.11. The van der Waals surface area contributed by atoms with E-state index in [0.29, 0.717) is 6.10 Å². The lowest BCUT2D eigenvalue weighted by Crippen LogP contribution is -2.18. The SMILES string of the molecule is CC(C)(C#N)CCCOC1CCCCC1. The minimum atomic E-state index is -0.185. The lowest BCUT2D eigenvalue weighted by atomic mass is 9.90. The monoisotopic (exact) mass is 209 g/mol. The van der Waals surface area contributed by atoms with Gasteiger partial charge in [0, 0.05) is 6.61 Å². The molecule has 0 aromatic carbocycles. The smallest absolute Gasteiger partial charge is 0.0683 e. The molecule has 0 spiro atoms. The second kappa shape index (κ2) is 6.12. The fraction of sp³-hybridized carbons (Fsp3) is 0.923. The topological polar surface area (TPSA) is 33.0 Å². The molecule has 0 aromatic rings. The number of nitriles is 1. The van der Waals surface area contributed by atoms with E-state index in [1.165, 1.54) is 32.1 Å². The van der Waals surface area contributed by atoms with Gasteiger partial charge in [-0.25, -0.2) is 0 Å². The van der Waals surface area contributed by atoms with E-state index < -0.39 is 0 Å². The van der Waals surface area contributed by atoms with Crippen LogP contribution in [0.15, 0.2) is 0 Å². The molecule has 1 saturated carbocycles. The summed E-state index contributed by atoms with van der Waals surface area (Å²) in [5.74, 6) is 0. The Bertz CT molecular complexity index is 211. The van der Waals surface area contributed by atoms with Gasteiger partial charge in [0.15, 0.2) is 0 Å². The van der Waals surface area contributed by atoms with Crippen molar-refractivity contribution in [1.82, 2.24) is 0 Å². The predicted octanol–water partition coefficient (Wildman–Crippen LogP) is 3.67. The standard InChI is InChI=1S/C13H23NO/c1-13(2,11-14)9-6-10-15-12-7-4-3-5-8-12/h12H,3-10H2,1-2H3. The van der Waals surface area contributed by atoms with Crippen molar-refractivity contribution in [3.05, 3.63) is 0 Å². The van der Waals surface area contributed by atoms with Crippen molar-refractivity contribution in [2.75, 3.05) is 6.61 Å². The minimum Gasteiger partial charge on any atom is -0.378 e. The summed E-state index contributed by atoms with van der Waals surface area (Å²) in [6.07, 6.45) is 8.96. The third-order valence-electron chi connectivity index (χ3n) is 3.15. The molecule has 0 radical (unpaired) electrons. The molecule has 1 rings (SSSR count). The van der Waals surface area contributed by atoms with E-state index in [2.05, 4.69) is 6.07 Å². The first-order valence-electron chi connectivity index (χ1n) is 6.17. The van der Waals surface area contributed by atoms with Crippen molar-refractivity contribution in [2.24, 2.45) is 5.41 Å². The quantitative estimate of drug-likeness (QED) is 0.647. The van der Waals surface area contributed by atoms with Crippen LogP contribution in [0.1, 0.15) is 58.8 Å². The minimum absolute atomic E-state index is 0.185. The highest BCUT2D eigenvalue weighted by Gasteiger charge is 2.17. The molecule has 0 bridgehead atoms. The number of rotatable bonds is 5. The Labute approximate surface area is 93.6 Å². The fourth-order valence-corrected chi connectivity index (χ4v) is 2.05. The van der Waals surface area contributed by atoms with E-state index in [-0.39, 0.29) is 5.41 Å². The van der Waals surface area contributed by atoms with E-state index in [0.717, 1.165) is 19.4 Å². The molecule has 0 unspecified atom stereocenters. The molecule has 0 saturated heterocycles. The van der Waals surface area contributed by atoms with E-state index >= 15 is 0 Å². The van der Waals surface area contributed by atoms with Crippen molar-refractivity contribution >= 4 is 0 Å². The van der Waals surface area contributed by atoms with Gasteiger partial charge in [-0.15, -0.1) is 0 Å². The second-order valence-corrected chi connectivity index (χ2v) is 5.23. The molecule has 0 heterocycles. The summed E-state index contributed by atoms with van der Waals surface area (Å²) in [7, 11) is 0. The third kappa shape index (κ3) is 5.18. The largest absolute Gasteiger partial charge is 0.378 e. The number of ether oxygens (including phenoxy) is 1. The summed E-state index contributed by atoms with van der Waals surface area (Å²) in [5.41, 5.74) is -0.185. The van der Waals surface area contributed by atoms with Crippen LogP contribution in [-0.2, 0) is 4.74 Å². The zero-order valence-corrected chi connectivity index (χ0v) is 10.1. The number of hydrogen-bond acceptors (Lipinski definition) is 2. The molecule has 0 N–H and O–H groups in total. The molecule has 0 amide bonds. The van der Waals surface area contributed by atoms with E-state index in [4.69, 9.17) is 10.00 Å². The van der Waals surface area contributed by atoms with Crippen LogP contribution >= 0.6 is 0 Å². The molecule has 2 heteroatoms. The maximum atomic E-state index is 8.85. The highest BCUT2D eigenvalue weighted by atomic mass is 16.5. The molecule has 0 aromatic heterocycles. The average molecular weight is 209 g/mol. The predicted molar refractivity (Wildman–Crippen MR) is 61.5 cm³/mol. The van der Waals surface area contributed by atoms with Gasteiger partial charge in [0.2, 0.25) is 0 Å². The summed E-state index contributed by atoms with van der Waals surface area (Å²) in [6.45, 7) is 4.82. The first-order chi connectivity index (χ1) is 7.14. The average Bonchev–Trinajstić information content (AvgIpc) is 2.26. The summed E-state index contributed by atoms with van der Waals surface area (Å²) >= 11 is 0. The first kappa shape index (κ1) is 12.5. The molecule has 0 aliphatic heterocycles. The Morgan fingerprint density at radius 2 is 1.93 bits per heavy atom. The van der Waals surface area contributed by atoms with Gasteiger partial charge in [0.1, 0.15) is 0 Å². The Morgan fingerprint density at radius 1 is 1.27 bits per heavy atom. The van der Waals surface area contributed by atoms with Gasteiger partial charge < -0.3 is 4.74 Å². The number of nitrogens with zero attached hydrogens (tertiary/aromatic N) is 1. The molecule has 0 atom stereocenters. The van der Waals surface area contributed by atoms with Gasteiger partial charge in [-0.2, -0.15) is 5.26 Å². The zero-order valence-electron chi connectivity index (χ0n) is 10.1. The van der Waals surface area contributed by atoms with E-state index in [1.807, 2.05) is 13.8 Å². The summed E-state index contributed by atoms with van der Waals surface area (Å²) < 4.78 is 5.81. The molecule has 1 aliphatic rings. The van der Waals surface area contributed by atoms with Crippen LogP contribution in [0.5, 0.6) is 0 Å². The molecule has 1 fully saturated rings. The van der Waals surface area contributed by atoms with Crippen LogP contribution in [-0.4, -0.2) is 12.7 Å². The zero-order chi connectivity index (χ0) is 11.1. The van der Waals surface area contributed by atoms with Crippen LogP contribution in [0.4, 0.5) is 0 Å². The maximum absolute atomic E-state index is 8.85. The lowest BCUT2D eigenvalue weighted by molar-refractivity contribution is 0.0242. The molecular weight excluding hydrogens is 186 g/mol. The third-order valence-corrected chi connectivity index (χ3v) is 3.15. The van der Waals surface area contributed by atoms with E-state index in [1.54, 1.807) is 0 Å². The molecule has 15 heavy (non-hydrogen) atoms. The molecule has 2 nitrogen and oxygen atoms in total. The first-order valence-corrected chi connectivity index (χ1v) is 6.17. The van der Waals surface area contributed by atoms with Gasteiger partial charge in [-0.1, -0.05) is 19.3 Å². The highest BCUT2D eigenvalue weighted by Crippen LogP contribution is 2.23. The van der Waals surface area contributed by atoms with Crippen LogP contribution in [0.3, 0.4) is 0 Å². The van der Waals surface area contributed by atoms with Crippen LogP contribution in [0.25, 0.3) is 0 Å². The maximum Gasteiger partial charge on any atom is 0.0683 e. The Morgan fingerprint density at radius 3 is 2.53 bits per heavy atom. The molecule has 86 valence electrons. The summed E-state index contributed by atoms with van der Waals surface area (Å²) in [6, 6.07) is 2.32. The second-order valence-electron chi connectivity index (χ2n) is 5.23. The van der Waals surface area contributed by atoms with Gasteiger partial charge in [0.05, 0.1) is 17.6 Å². The summed E-state index contributed by atoms with van der Waals surface area (Å²) in [5, 5.41) is 8.85. The van der Waals surface area contributed by atoms with Gasteiger partial charge >= 0.3 is 0 Å². The Balaban J connectivity index is 2.04. The van der Waals surface area contributed by atoms with Gasteiger partial charge in [0.25, 0.3) is 0 Å². The normalized spacial score (nSPS) is 18.7. The van der Waals surface area contributed by atoms with E-state index in [9.17, 15) is 0 Å². The van der Waals surface area contributed by atoms with Gasteiger partial charge in [-0.3, -0.25) is 0 Å². The van der Waals surface area contributed by atoms with Gasteiger partial charge in [-0.05, 0) is 39.5 Å². The van der Waals surface area contributed by atoms with Crippen molar-refractivity contribution < 1.29 is 4.74 Å². The van der Waals surface area contributed by atoms with Crippen LogP contribution in [0.2, 0.25) is 0 Å². The number of hydrogen-bond donors (Lipinski definition) is 0. The van der Waals surface area contributed by atoms with Crippen LogP contribution in [0, 0.1) is 16.7 Å². The Hall–Kier alpha value is -0.550. The van der Waals surface area contributed by atoms with Crippen molar-refractivity contribution in [1.29, 1.82) is 5.26 Å². The van der Waals surface area contributed by atoms with Crippen molar-refractivity contribution in [2.45, 2.75) is 64.9 Å². The summed E-state index contributed by atoms with van der Waals surface area (Å²) in [4.78, 5) is 0.